The van der Waals surface area contributed by atoms with Crippen LogP contribution in [-0.2, 0) is 9.53 Å². The summed E-state index contributed by atoms with van der Waals surface area (Å²) in [6.07, 6.45) is 1.51. The van der Waals surface area contributed by atoms with Crippen LogP contribution in [0, 0.1) is 6.92 Å². The van der Waals surface area contributed by atoms with Crippen LogP contribution in [0.1, 0.15) is 49.1 Å². The van der Waals surface area contributed by atoms with E-state index in [1.165, 1.54) is 30.5 Å². The molecule has 0 spiro atoms. The first-order chi connectivity index (χ1) is 19.9. The lowest BCUT2D eigenvalue weighted by atomic mass is 9.93. The fourth-order valence-electron chi connectivity index (χ4n) is 4.48. The number of imide groups is 1. The molecule has 0 atom stereocenters. The minimum absolute atomic E-state index is 0.234. The Hall–Kier alpha value is -5.50. The normalized spacial score (nSPS) is 13.5. The lowest BCUT2D eigenvalue weighted by Gasteiger charge is -2.28. The van der Waals surface area contributed by atoms with E-state index in [4.69, 9.17) is 4.74 Å². The number of rotatable bonds is 7. The molecule has 41 heavy (non-hydrogen) atoms. The van der Waals surface area contributed by atoms with Crippen molar-refractivity contribution >= 4 is 46.3 Å². The monoisotopic (exact) mass is 545 g/mol. The molecule has 5 rings (SSSR count). The third-order valence-electron chi connectivity index (χ3n) is 6.57. The largest absolute Gasteiger partial charge is 0.462 e. The highest BCUT2D eigenvalue weighted by Crippen LogP contribution is 2.32. The van der Waals surface area contributed by atoms with Crippen molar-refractivity contribution in [1.29, 1.82) is 0 Å². The van der Waals surface area contributed by atoms with Gasteiger partial charge in [0.1, 0.15) is 0 Å². The Labute approximate surface area is 237 Å². The summed E-state index contributed by atoms with van der Waals surface area (Å²) in [5.41, 5.74) is 4.28. The van der Waals surface area contributed by atoms with Gasteiger partial charge in [0.25, 0.3) is 17.7 Å². The van der Waals surface area contributed by atoms with Crippen molar-refractivity contribution < 1.29 is 23.9 Å². The van der Waals surface area contributed by atoms with Crippen LogP contribution < -0.4 is 15.5 Å². The molecule has 0 saturated heterocycles. The minimum atomic E-state index is -0.549. The van der Waals surface area contributed by atoms with Crippen LogP contribution in [0.25, 0.3) is 5.57 Å². The zero-order valence-corrected chi connectivity index (χ0v) is 22.5. The Bertz CT molecular complexity index is 1670. The highest BCUT2D eigenvalue weighted by atomic mass is 16.5. The number of nitrogens with one attached hydrogen (secondary N) is 2. The van der Waals surface area contributed by atoms with Crippen LogP contribution in [0.4, 0.5) is 17.1 Å². The van der Waals surface area contributed by atoms with Crippen molar-refractivity contribution in [2.24, 2.45) is 0 Å². The van der Waals surface area contributed by atoms with E-state index in [0.29, 0.717) is 39.3 Å². The van der Waals surface area contributed by atoms with Crippen LogP contribution in [0.3, 0.4) is 0 Å². The molecule has 4 aromatic carbocycles. The van der Waals surface area contributed by atoms with E-state index >= 15 is 0 Å². The second-order valence-corrected chi connectivity index (χ2v) is 9.33. The van der Waals surface area contributed by atoms with Gasteiger partial charge in [0.2, 0.25) is 0 Å². The van der Waals surface area contributed by atoms with Crippen molar-refractivity contribution in [3.8, 4) is 0 Å². The summed E-state index contributed by atoms with van der Waals surface area (Å²) in [6, 6.07) is 27.4. The van der Waals surface area contributed by atoms with Gasteiger partial charge in [-0.25, -0.2) is 9.69 Å². The van der Waals surface area contributed by atoms with Gasteiger partial charge < -0.3 is 15.4 Å². The summed E-state index contributed by atoms with van der Waals surface area (Å²) in [5.74, 6) is -1.84. The van der Waals surface area contributed by atoms with Gasteiger partial charge in [-0.1, -0.05) is 48.0 Å². The van der Waals surface area contributed by atoms with Crippen molar-refractivity contribution in [3.63, 3.8) is 0 Å². The zero-order chi connectivity index (χ0) is 28.9. The van der Waals surface area contributed by atoms with Crippen LogP contribution in [-0.4, -0.2) is 30.3 Å². The number of anilines is 3. The van der Waals surface area contributed by atoms with E-state index in [-0.39, 0.29) is 18.1 Å². The molecule has 1 aliphatic rings. The number of ether oxygens (including phenoxy) is 1. The Morgan fingerprint density at radius 3 is 2.17 bits per heavy atom. The molecule has 0 radical (unpaired) electrons. The van der Waals surface area contributed by atoms with Gasteiger partial charge in [-0.2, -0.15) is 0 Å². The van der Waals surface area contributed by atoms with E-state index < -0.39 is 17.8 Å². The molecule has 4 aromatic rings. The number of benzene rings is 4. The van der Waals surface area contributed by atoms with Crippen molar-refractivity contribution in [2.75, 3.05) is 22.1 Å². The fraction of sp³-hybridized carbons (Fsp3) is 0.0909. The maximum Gasteiger partial charge on any atom is 0.338 e. The van der Waals surface area contributed by atoms with Crippen LogP contribution in [0.2, 0.25) is 0 Å². The number of carbonyl (C=O) groups is 4. The van der Waals surface area contributed by atoms with Crippen LogP contribution in [0.15, 0.2) is 103 Å². The summed E-state index contributed by atoms with van der Waals surface area (Å²) >= 11 is 0. The predicted octanol–water partition coefficient (Wildman–Crippen LogP) is 6.06. The topological polar surface area (TPSA) is 105 Å². The molecular formula is C33H27N3O5. The number of amides is 3. The average Bonchev–Trinajstić information content (AvgIpc) is 2.99. The van der Waals surface area contributed by atoms with Crippen molar-refractivity contribution in [2.45, 2.75) is 13.8 Å². The molecule has 0 saturated carbocycles. The summed E-state index contributed by atoms with van der Waals surface area (Å²) in [7, 11) is 0. The highest BCUT2D eigenvalue weighted by molar-refractivity contribution is 6.41. The molecule has 0 unspecified atom stereocenters. The standard InChI is InChI=1S/C33H27N3O5/c1-3-41-33(40)22-14-18-24(19-15-22)36-31(38)26-9-5-4-8-25(26)28(32(36)39)20-34-29-11-7-6-10-27(29)30(37)35-23-16-12-21(2)13-17-23/h4-20,34H,3H2,1-2H3,(H,35,37)/b28-20+. The fourth-order valence-corrected chi connectivity index (χ4v) is 4.48. The first kappa shape index (κ1) is 27.1. The van der Waals surface area contributed by atoms with Gasteiger partial charge in [-0.15, -0.1) is 0 Å². The van der Waals surface area contributed by atoms with E-state index in [9.17, 15) is 19.2 Å². The number of aryl methyl sites for hydroxylation is 1. The van der Waals surface area contributed by atoms with Gasteiger partial charge in [-0.05, 0) is 68.4 Å². The lowest BCUT2D eigenvalue weighted by molar-refractivity contribution is -0.112. The second kappa shape index (κ2) is 11.7. The number of hydrogen-bond acceptors (Lipinski definition) is 6. The summed E-state index contributed by atoms with van der Waals surface area (Å²) in [4.78, 5) is 53.4. The summed E-state index contributed by atoms with van der Waals surface area (Å²) in [5, 5.41) is 6.00. The van der Waals surface area contributed by atoms with Crippen molar-refractivity contribution in [3.05, 3.63) is 131 Å². The van der Waals surface area contributed by atoms with Crippen LogP contribution >= 0.6 is 0 Å². The Morgan fingerprint density at radius 1 is 0.805 bits per heavy atom. The first-order valence-electron chi connectivity index (χ1n) is 13.1. The Balaban J connectivity index is 1.46. The molecule has 0 aliphatic carbocycles. The smallest absolute Gasteiger partial charge is 0.338 e. The summed E-state index contributed by atoms with van der Waals surface area (Å²) in [6.45, 7) is 3.92. The Morgan fingerprint density at radius 2 is 1.46 bits per heavy atom. The number of fused-ring (bicyclic) bond motifs is 1. The molecule has 204 valence electrons. The average molecular weight is 546 g/mol. The molecule has 0 aromatic heterocycles. The van der Waals surface area contributed by atoms with E-state index in [0.717, 1.165) is 10.5 Å². The van der Waals surface area contributed by atoms with Gasteiger partial charge in [0, 0.05) is 23.0 Å². The van der Waals surface area contributed by atoms with E-state index in [1.54, 1.807) is 55.5 Å². The molecule has 8 heteroatoms. The molecule has 3 amide bonds. The van der Waals surface area contributed by atoms with Gasteiger partial charge >= 0.3 is 5.97 Å². The Kier molecular flexibility index (Phi) is 7.74. The number of para-hydroxylation sites is 1. The number of esters is 1. The van der Waals surface area contributed by atoms with Crippen molar-refractivity contribution in [1.82, 2.24) is 0 Å². The third-order valence-corrected chi connectivity index (χ3v) is 6.57. The zero-order valence-electron chi connectivity index (χ0n) is 22.5. The van der Waals surface area contributed by atoms with Gasteiger partial charge in [0.05, 0.1) is 34.7 Å². The predicted molar refractivity (Wildman–Crippen MR) is 158 cm³/mol. The SMILES string of the molecule is CCOC(=O)c1ccc(N2C(=O)/C(=C/Nc3ccccc3C(=O)Nc3ccc(C)cc3)c3ccccc3C2=O)cc1. The first-order valence-corrected chi connectivity index (χ1v) is 13.1. The molecule has 0 fully saturated rings. The third kappa shape index (κ3) is 5.62. The number of hydrogen-bond donors (Lipinski definition) is 2. The van der Waals surface area contributed by atoms with Gasteiger partial charge in [-0.3, -0.25) is 14.4 Å². The molecule has 1 aliphatic heterocycles. The number of nitrogens with zero attached hydrogens (tertiary/aromatic N) is 1. The molecule has 0 bridgehead atoms. The minimum Gasteiger partial charge on any atom is -0.462 e. The van der Waals surface area contributed by atoms with E-state index in [2.05, 4.69) is 10.6 Å². The molecule has 2 N–H and O–H groups in total. The van der Waals surface area contributed by atoms with Gasteiger partial charge in [0.15, 0.2) is 0 Å². The van der Waals surface area contributed by atoms with Crippen LogP contribution in [0.5, 0.6) is 0 Å². The summed E-state index contributed by atoms with van der Waals surface area (Å²) < 4.78 is 5.03. The maximum absolute atomic E-state index is 13.8. The van der Waals surface area contributed by atoms with E-state index in [1.807, 2.05) is 31.2 Å². The second-order valence-electron chi connectivity index (χ2n) is 9.33. The lowest BCUT2D eigenvalue weighted by Crippen LogP contribution is -2.42. The quantitative estimate of drug-likeness (QED) is 0.166. The maximum atomic E-state index is 13.8. The molecular weight excluding hydrogens is 518 g/mol. The number of carbonyl (C=O) groups excluding carboxylic acids is 4. The highest BCUT2D eigenvalue weighted by Gasteiger charge is 2.36. The molecule has 8 nitrogen and oxygen atoms in total. The molecule has 1 heterocycles.